The van der Waals surface area contributed by atoms with Crippen LogP contribution in [0.2, 0.25) is 0 Å². The standard InChI is InChI=1S/C17H18O2.C2H6/c1-4-17(2,3)19-12-9-10-16-14(11-12)13-7-5-6-8-15(13)18-16;1-2/h1,9-11H,5-8H2,2-3H3;1-2H3. The highest BCUT2D eigenvalue weighted by atomic mass is 16.5. The van der Waals surface area contributed by atoms with Gasteiger partial charge in [-0.15, -0.1) is 6.42 Å². The molecule has 0 amide bonds. The summed E-state index contributed by atoms with van der Waals surface area (Å²) in [6, 6.07) is 5.97. The van der Waals surface area contributed by atoms with Crippen LogP contribution < -0.4 is 4.74 Å². The molecule has 1 heterocycles. The molecule has 0 aliphatic heterocycles. The summed E-state index contributed by atoms with van der Waals surface area (Å²) in [4.78, 5) is 0. The lowest BCUT2D eigenvalue weighted by molar-refractivity contribution is 0.173. The number of aryl methyl sites for hydroxylation is 2. The summed E-state index contributed by atoms with van der Waals surface area (Å²) in [5, 5.41) is 1.18. The first-order valence-electron chi connectivity index (χ1n) is 7.80. The first kappa shape index (κ1) is 15.5. The zero-order chi connectivity index (χ0) is 15.5. The molecule has 21 heavy (non-hydrogen) atoms. The first-order chi connectivity index (χ1) is 10.1. The SMILES string of the molecule is C#CC(C)(C)Oc1ccc2oc3c(c2c1)CCCC3.CC. The quantitative estimate of drug-likeness (QED) is 0.713. The molecule has 1 aliphatic carbocycles. The van der Waals surface area contributed by atoms with E-state index in [4.69, 9.17) is 15.6 Å². The summed E-state index contributed by atoms with van der Waals surface area (Å²) >= 11 is 0. The van der Waals surface area contributed by atoms with Crippen LogP contribution in [0.15, 0.2) is 22.6 Å². The Morgan fingerprint density at radius 2 is 1.90 bits per heavy atom. The lowest BCUT2D eigenvalue weighted by Gasteiger charge is -2.20. The third-order valence-electron chi connectivity index (χ3n) is 3.65. The van der Waals surface area contributed by atoms with Gasteiger partial charge in [-0.25, -0.2) is 0 Å². The van der Waals surface area contributed by atoms with Crippen molar-refractivity contribution in [3.05, 3.63) is 29.5 Å². The van der Waals surface area contributed by atoms with Crippen molar-refractivity contribution in [3.8, 4) is 18.1 Å². The molecule has 3 rings (SSSR count). The summed E-state index contributed by atoms with van der Waals surface area (Å²) in [5.74, 6) is 4.61. The minimum atomic E-state index is -0.586. The molecule has 1 aromatic carbocycles. The molecule has 2 aromatic rings. The van der Waals surface area contributed by atoms with Gasteiger partial charge in [-0.2, -0.15) is 0 Å². The Hall–Kier alpha value is -1.88. The highest BCUT2D eigenvalue weighted by Crippen LogP contribution is 2.34. The highest BCUT2D eigenvalue weighted by Gasteiger charge is 2.20. The Balaban J connectivity index is 0.000000774. The molecule has 2 heteroatoms. The Morgan fingerprint density at radius 1 is 1.19 bits per heavy atom. The molecule has 0 atom stereocenters. The van der Waals surface area contributed by atoms with Crippen LogP contribution in [0.4, 0.5) is 0 Å². The van der Waals surface area contributed by atoms with Gasteiger partial charge in [-0.05, 0) is 51.3 Å². The van der Waals surface area contributed by atoms with Crippen molar-refractivity contribution < 1.29 is 9.15 Å². The summed E-state index contributed by atoms with van der Waals surface area (Å²) < 4.78 is 11.7. The van der Waals surface area contributed by atoms with Crippen LogP contribution in [-0.4, -0.2) is 5.60 Å². The van der Waals surface area contributed by atoms with Gasteiger partial charge in [-0.3, -0.25) is 0 Å². The minimum absolute atomic E-state index is 0.586. The van der Waals surface area contributed by atoms with E-state index in [2.05, 4.69) is 12.0 Å². The Bertz CT molecular complexity index is 656. The zero-order valence-corrected chi connectivity index (χ0v) is 13.5. The van der Waals surface area contributed by atoms with E-state index in [0.29, 0.717) is 0 Å². The molecule has 0 N–H and O–H groups in total. The fourth-order valence-electron chi connectivity index (χ4n) is 2.63. The van der Waals surface area contributed by atoms with Crippen molar-refractivity contribution >= 4 is 11.0 Å². The number of ether oxygens (including phenoxy) is 1. The fourth-order valence-corrected chi connectivity index (χ4v) is 2.63. The molecule has 0 bridgehead atoms. The second-order valence-electron chi connectivity index (χ2n) is 5.63. The number of furan rings is 1. The number of fused-ring (bicyclic) bond motifs is 3. The van der Waals surface area contributed by atoms with E-state index < -0.39 is 5.60 Å². The Kier molecular flexibility index (Phi) is 4.63. The van der Waals surface area contributed by atoms with Gasteiger partial charge in [0.15, 0.2) is 5.60 Å². The van der Waals surface area contributed by atoms with Crippen molar-refractivity contribution in [1.29, 1.82) is 0 Å². The summed E-state index contributed by atoms with van der Waals surface area (Å²) in [6.07, 6.45) is 10.1. The maximum atomic E-state index is 5.91. The van der Waals surface area contributed by atoms with Gasteiger partial charge in [0, 0.05) is 17.4 Å². The first-order valence-corrected chi connectivity index (χ1v) is 7.80. The Morgan fingerprint density at radius 3 is 2.62 bits per heavy atom. The van der Waals surface area contributed by atoms with Crippen LogP contribution in [0.3, 0.4) is 0 Å². The summed E-state index contributed by atoms with van der Waals surface area (Å²) in [7, 11) is 0. The lowest BCUT2D eigenvalue weighted by atomic mass is 9.96. The zero-order valence-electron chi connectivity index (χ0n) is 13.5. The molecule has 2 nitrogen and oxygen atoms in total. The van der Waals surface area contributed by atoms with Crippen LogP contribution in [0.25, 0.3) is 11.0 Å². The van der Waals surface area contributed by atoms with E-state index in [9.17, 15) is 0 Å². The maximum Gasteiger partial charge on any atom is 0.163 e. The van der Waals surface area contributed by atoms with Gasteiger partial charge in [0.05, 0.1) is 0 Å². The van der Waals surface area contributed by atoms with E-state index in [1.165, 1.54) is 23.8 Å². The average Bonchev–Trinajstić information content (AvgIpc) is 2.87. The van der Waals surface area contributed by atoms with Crippen LogP contribution >= 0.6 is 0 Å². The second kappa shape index (κ2) is 6.26. The molecule has 0 fully saturated rings. The molecular weight excluding hydrogens is 260 g/mol. The highest BCUT2D eigenvalue weighted by molar-refractivity contribution is 5.84. The predicted octanol–water partition coefficient (Wildman–Crippen LogP) is 5.13. The average molecular weight is 284 g/mol. The van der Waals surface area contributed by atoms with Crippen molar-refractivity contribution in [2.24, 2.45) is 0 Å². The van der Waals surface area contributed by atoms with Crippen LogP contribution in [-0.2, 0) is 12.8 Å². The number of hydrogen-bond donors (Lipinski definition) is 0. The van der Waals surface area contributed by atoms with Crippen molar-refractivity contribution in [2.75, 3.05) is 0 Å². The van der Waals surface area contributed by atoms with Crippen LogP contribution in [0.5, 0.6) is 5.75 Å². The molecule has 0 unspecified atom stereocenters. The van der Waals surface area contributed by atoms with Crippen LogP contribution in [0, 0.1) is 12.3 Å². The molecule has 0 spiro atoms. The van der Waals surface area contributed by atoms with Gasteiger partial charge < -0.3 is 9.15 Å². The number of rotatable bonds is 2. The summed E-state index contributed by atoms with van der Waals surface area (Å²) in [6.45, 7) is 7.78. The van der Waals surface area contributed by atoms with E-state index in [1.807, 2.05) is 39.8 Å². The normalized spacial score (nSPS) is 13.9. The molecule has 0 saturated carbocycles. The van der Waals surface area contributed by atoms with Crippen molar-refractivity contribution in [1.82, 2.24) is 0 Å². The van der Waals surface area contributed by atoms with Crippen molar-refractivity contribution in [3.63, 3.8) is 0 Å². The van der Waals surface area contributed by atoms with Gasteiger partial charge in [0.1, 0.15) is 17.1 Å². The monoisotopic (exact) mass is 284 g/mol. The second-order valence-corrected chi connectivity index (χ2v) is 5.63. The number of terminal acetylenes is 1. The topological polar surface area (TPSA) is 22.4 Å². The van der Waals surface area contributed by atoms with Gasteiger partial charge in [0.25, 0.3) is 0 Å². The number of hydrogen-bond acceptors (Lipinski definition) is 2. The molecule has 1 aliphatic rings. The molecule has 1 aromatic heterocycles. The molecule has 112 valence electrons. The van der Waals surface area contributed by atoms with Crippen molar-refractivity contribution in [2.45, 2.75) is 59.0 Å². The van der Waals surface area contributed by atoms with E-state index in [1.54, 1.807) is 0 Å². The summed E-state index contributed by atoms with van der Waals surface area (Å²) in [5.41, 5.74) is 1.72. The molecule has 0 saturated heterocycles. The van der Waals surface area contributed by atoms with Crippen LogP contribution in [0.1, 0.15) is 51.9 Å². The van der Waals surface area contributed by atoms with E-state index >= 15 is 0 Å². The fraction of sp³-hybridized carbons (Fsp3) is 0.474. The van der Waals surface area contributed by atoms with E-state index in [-0.39, 0.29) is 0 Å². The smallest absolute Gasteiger partial charge is 0.163 e. The Labute approximate surface area is 127 Å². The third-order valence-corrected chi connectivity index (χ3v) is 3.65. The lowest BCUT2D eigenvalue weighted by Crippen LogP contribution is -2.25. The van der Waals surface area contributed by atoms with Gasteiger partial charge >= 0.3 is 0 Å². The van der Waals surface area contributed by atoms with Gasteiger partial charge in [0.2, 0.25) is 0 Å². The van der Waals surface area contributed by atoms with E-state index in [0.717, 1.165) is 29.9 Å². The largest absolute Gasteiger partial charge is 0.475 e. The van der Waals surface area contributed by atoms with Gasteiger partial charge in [-0.1, -0.05) is 19.8 Å². The number of benzene rings is 1. The third kappa shape index (κ3) is 3.24. The minimum Gasteiger partial charge on any atom is -0.475 e. The predicted molar refractivity (Wildman–Crippen MR) is 87.7 cm³/mol. The molecule has 0 radical (unpaired) electrons. The maximum absolute atomic E-state index is 5.91. The molecular formula is C19H24O2.